The normalized spacial score (nSPS) is 10.4. The maximum Gasteiger partial charge on any atom is 0.159 e. The number of aliphatic hydroxyl groups is 1. The molecule has 0 bridgehead atoms. The third-order valence-corrected chi connectivity index (χ3v) is 2.73. The van der Waals surface area contributed by atoms with Gasteiger partial charge >= 0.3 is 0 Å². The van der Waals surface area contributed by atoms with E-state index in [4.69, 9.17) is 5.11 Å². The van der Waals surface area contributed by atoms with Gasteiger partial charge in [0.1, 0.15) is 0 Å². The van der Waals surface area contributed by atoms with Crippen molar-refractivity contribution in [2.75, 3.05) is 6.61 Å². The number of Topliss-reactive ketones (excluding diaryl/α,β-unsaturated/α-hetero) is 1. The van der Waals surface area contributed by atoms with Crippen LogP contribution in [0.4, 0.5) is 0 Å². The minimum Gasteiger partial charge on any atom is -0.396 e. The fourth-order valence-corrected chi connectivity index (χ4v) is 1.70. The highest BCUT2D eigenvalue weighted by Gasteiger charge is 1.98. The first-order valence-corrected chi connectivity index (χ1v) is 5.95. The number of carbonyl (C=O) groups is 1. The van der Waals surface area contributed by atoms with E-state index in [1.54, 1.807) is 6.92 Å². The lowest BCUT2D eigenvalue weighted by Crippen LogP contribution is -1.93. The number of aryl methyl sites for hydroxylation is 1. The van der Waals surface area contributed by atoms with E-state index in [1.165, 1.54) is 5.56 Å². The standard InChI is InChI=1S/C14H20O2/c1-12(16)14-9-7-13(8-10-14)6-4-2-3-5-11-15/h7-10,15H,2-6,11H2,1H3. The van der Waals surface area contributed by atoms with Crippen LogP contribution in [0.25, 0.3) is 0 Å². The molecule has 0 aliphatic carbocycles. The van der Waals surface area contributed by atoms with Crippen molar-refractivity contribution in [1.82, 2.24) is 0 Å². The molecule has 0 atom stereocenters. The Hall–Kier alpha value is -1.15. The fraction of sp³-hybridized carbons (Fsp3) is 0.500. The van der Waals surface area contributed by atoms with Crippen LogP contribution in [0, 0.1) is 0 Å². The Balaban J connectivity index is 2.29. The van der Waals surface area contributed by atoms with Gasteiger partial charge in [-0.25, -0.2) is 0 Å². The zero-order chi connectivity index (χ0) is 11.8. The summed E-state index contributed by atoms with van der Waals surface area (Å²) in [6.07, 6.45) is 5.38. The lowest BCUT2D eigenvalue weighted by Gasteiger charge is -2.02. The molecule has 0 spiro atoms. The van der Waals surface area contributed by atoms with E-state index in [0.717, 1.165) is 37.7 Å². The molecule has 1 rings (SSSR count). The van der Waals surface area contributed by atoms with E-state index >= 15 is 0 Å². The van der Waals surface area contributed by atoms with Gasteiger partial charge in [0.25, 0.3) is 0 Å². The van der Waals surface area contributed by atoms with Crippen LogP contribution in [0.2, 0.25) is 0 Å². The van der Waals surface area contributed by atoms with E-state index in [2.05, 4.69) is 0 Å². The van der Waals surface area contributed by atoms with Crippen LogP contribution in [-0.4, -0.2) is 17.5 Å². The molecule has 1 aromatic rings. The monoisotopic (exact) mass is 220 g/mol. The Bertz CT molecular complexity index is 314. The molecule has 2 heteroatoms. The molecule has 0 saturated heterocycles. The topological polar surface area (TPSA) is 37.3 Å². The first-order valence-electron chi connectivity index (χ1n) is 5.95. The minimum atomic E-state index is 0.120. The van der Waals surface area contributed by atoms with Gasteiger partial charge in [-0.05, 0) is 31.7 Å². The molecule has 0 amide bonds. The van der Waals surface area contributed by atoms with E-state index in [0.29, 0.717) is 6.61 Å². The number of ketones is 1. The number of carbonyl (C=O) groups excluding carboxylic acids is 1. The summed E-state index contributed by atoms with van der Waals surface area (Å²) in [7, 11) is 0. The van der Waals surface area contributed by atoms with E-state index in [1.807, 2.05) is 24.3 Å². The minimum absolute atomic E-state index is 0.120. The molecule has 1 N–H and O–H groups in total. The molecule has 0 fully saturated rings. The van der Waals surface area contributed by atoms with Gasteiger partial charge in [-0.2, -0.15) is 0 Å². The van der Waals surface area contributed by atoms with E-state index in [9.17, 15) is 4.79 Å². The van der Waals surface area contributed by atoms with Crippen molar-refractivity contribution in [2.45, 2.75) is 39.0 Å². The van der Waals surface area contributed by atoms with Crippen molar-refractivity contribution in [3.8, 4) is 0 Å². The van der Waals surface area contributed by atoms with Crippen LogP contribution in [0.5, 0.6) is 0 Å². The smallest absolute Gasteiger partial charge is 0.159 e. The molecule has 2 nitrogen and oxygen atoms in total. The molecule has 0 unspecified atom stereocenters. The van der Waals surface area contributed by atoms with Gasteiger partial charge in [-0.1, -0.05) is 37.1 Å². The fourth-order valence-electron chi connectivity index (χ4n) is 1.70. The van der Waals surface area contributed by atoms with Gasteiger partial charge < -0.3 is 5.11 Å². The van der Waals surface area contributed by atoms with Crippen molar-refractivity contribution in [2.24, 2.45) is 0 Å². The van der Waals surface area contributed by atoms with Gasteiger partial charge in [0, 0.05) is 12.2 Å². The van der Waals surface area contributed by atoms with Gasteiger partial charge in [-0.15, -0.1) is 0 Å². The lowest BCUT2D eigenvalue weighted by atomic mass is 10.0. The molecule has 0 aliphatic heterocycles. The van der Waals surface area contributed by atoms with Crippen molar-refractivity contribution in [3.05, 3.63) is 35.4 Å². The van der Waals surface area contributed by atoms with Crippen molar-refractivity contribution < 1.29 is 9.90 Å². The number of aliphatic hydroxyl groups excluding tert-OH is 1. The molecule has 16 heavy (non-hydrogen) atoms. The van der Waals surface area contributed by atoms with E-state index < -0.39 is 0 Å². The highest BCUT2D eigenvalue weighted by Crippen LogP contribution is 2.10. The second-order valence-electron chi connectivity index (χ2n) is 4.14. The highest BCUT2D eigenvalue weighted by molar-refractivity contribution is 5.93. The predicted molar refractivity (Wildman–Crippen MR) is 65.7 cm³/mol. The molecule has 0 heterocycles. The Morgan fingerprint density at radius 1 is 1.06 bits per heavy atom. The SMILES string of the molecule is CC(=O)c1ccc(CCCCCCO)cc1. The molecule has 0 aliphatic rings. The third kappa shape index (κ3) is 4.58. The van der Waals surface area contributed by atoms with Crippen LogP contribution in [-0.2, 0) is 6.42 Å². The summed E-state index contributed by atoms with van der Waals surface area (Å²) < 4.78 is 0. The molecule has 1 aromatic carbocycles. The maximum absolute atomic E-state index is 11.1. The zero-order valence-corrected chi connectivity index (χ0v) is 9.91. The number of benzene rings is 1. The van der Waals surface area contributed by atoms with Crippen LogP contribution in [0.15, 0.2) is 24.3 Å². The summed E-state index contributed by atoms with van der Waals surface area (Å²) in [6.45, 7) is 1.89. The predicted octanol–water partition coefficient (Wildman–Crippen LogP) is 2.98. The Kier molecular flexibility index (Phi) is 5.79. The van der Waals surface area contributed by atoms with Gasteiger partial charge in [-0.3, -0.25) is 4.79 Å². The van der Waals surface area contributed by atoms with Crippen LogP contribution in [0.3, 0.4) is 0 Å². The Labute approximate surface area is 97.3 Å². The average Bonchev–Trinajstić information content (AvgIpc) is 2.29. The largest absolute Gasteiger partial charge is 0.396 e. The summed E-state index contributed by atoms with van der Waals surface area (Å²) in [4.78, 5) is 11.1. The summed E-state index contributed by atoms with van der Waals surface area (Å²) in [6, 6.07) is 7.85. The molecular formula is C14H20O2. The Morgan fingerprint density at radius 2 is 1.69 bits per heavy atom. The lowest BCUT2D eigenvalue weighted by molar-refractivity contribution is 0.101. The van der Waals surface area contributed by atoms with E-state index in [-0.39, 0.29) is 5.78 Å². The molecule has 0 saturated carbocycles. The van der Waals surface area contributed by atoms with Crippen molar-refractivity contribution in [3.63, 3.8) is 0 Å². The zero-order valence-electron chi connectivity index (χ0n) is 9.91. The maximum atomic E-state index is 11.1. The number of rotatable bonds is 7. The van der Waals surface area contributed by atoms with Gasteiger partial charge in [0.2, 0.25) is 0 Å². The Morgan fingerprint density at radius 3 is 2.25 bits per heavy atom. The molecule has 0 radical (unpaired) electrons. The summed E-state index contributed by atoms with van der Waals surface area (Å²) in [5.74, 6) is 0.120. The second-order valence-corrected chi connectivity index (χ2v) is 4.14. The number of hydrogen-bond donors (Lipinski definition) is 1. The summed E-state index contributed by atoms with van der Waals surface area (Å²) >= 11 is 0. The molecule has 88 valence electrons. The first-order chi connectivity index (χ1) is 7.74. The van der Waals surface area contributed by atoms with Crippen LogP contribution in [0.1, 0.15) is 48.5 Å². The second kappa shape index (κ2) is 7.18. The summed E-state index contributed by atoms with van der Waals surface area (Å²) in [5, 5.41) is 8.63. The van der Waals surface area contributed by atoms with Crippen LogP contribution < -0.4 is 0 Å². The van der Waals surface area contributed by atoms with Crippen molar-refractivity contribution >= 4 is 5.78 Å². The van der Waals surface area contributed by atoms with Gasteiger partial charge in [0.05, 0.1) is 0 Å². The number of hydrogen-bond acceptors (Lipinski definition) is 2. The van der Waals surface area contributed by atoms with Crippen molar-refractivity contribution in [1.29, 1.82) is 0 Å². The first kappa shape index (κ1) is 12.9. The quantitative estimate of drug-likeness (QED) is 0.566. The third-order valence-electron chi connectivity index (χ3n) is 2.73. The molecular weight excluding hydrogens is 200 g/mol. The highest BCUT2D eigenvalue weighted by atomic mass is 16.2. The molecule has 0 aromatic heterocycles. The number of unbranched alkanes of at least 4 members (excludes halogenated alkanes) is 3. The van der Waals surface area contributed by atoms with Crippen LogP contribution >= 0.6 is 0 Å². The van der Waals surface area contributed by atoms with Gasteiger partial charge in [0.15, 0.2) is 5.78 Å². The summed E-state index contributed by atoms with van der Waals surface area (Å²) in [5.41, 5.74) is 2.07. The average molecular weight is 220 g/mol.